The van der Waals surface area contributed by atoms with Gasteiger partial charge in [0.05, 0.1) is 0 Å². The predicted molar refractivity (Wildman–Crippen MR) is 94.9 cm³/mol. The lowest BCUT2D eigenvalue weighted by atomic mass is 9.93. The summed E-state index contributed by atoms with van der Waals surface area (Å²) < 4.78 is 7.73. The van der Waals surface area contributed by atoms with E-state index in [1.165, 1.54) is 51.3 Å². The molecule has 21 heavy (non-hydrogen) atoms. The van der Waals surface area contributed by atoms with Gasteiger partial charge < -0.3 is 4.74 Å². The largest absolute Gasteiger partial charge is 0.485 e. The summed E-state index contributed by atoms with van der Waals surface area (Å²) in [5.74, 6) is 3.65. The Morgan fingerprint density at radius 3 is 2.48 bits per heavy atom. The van der Waals surface area contributed by atoms with E-state index in [0.717, 1.165) is 18.7 Å². The molecular formula is C17H24BrNOS. The number of benzene rings is 1. The fraction of sp³-hybridized carbons (Fsp3) is 0.647. The maximum absolute atomic E-state index is 6.48. The minimum atomic E-state index is -0.0763. The van der Waals surface area contributed by atoms with Crippen molar-refractivity contribution in [1.82, 2.24) is 4.90 Å². The summed E-state index contributed by atoms with van der Waals surface area (Å²) in [4.78, 5) is 2.56. The second kappa shape index (κ2) is 5.78. The maximum Gasteiger partial charge on any atom is 0.127 e. The first-order valence-corrected chi connectivity index (χ1v) is 9.63. The maximum atomic E-state index is 6.48. The molecule has 116 valence electrons. The van der Waals surface area contributed by atoms with Crippen LogP contribution in [-0.4, -0.2) is 41.6 Å². The first-order chi connectivity index (χ1) is 9.91. The normalized spacial score (nSPS) is 25.8. The molecule has 0 spiro atoms. The molecule has 1 unspecified atom stereocenters. The summed E-state index contributed by atoms with van der Waals surface area (Å²) in [5.41, 5.74) is 5.28. The van der Waals surface area contributed by atoms with E-state index in [1.54, 1.807) is 0 Å². The van der Waals surface area contributed by atoms with Crippen LogP contribution in [0.1, 0.15) is 29.2 Å². The van der Waals surface area contributed by atoms with E-state index in [9.17, 15) is 0 Å². The van der Waals surface area contributed by atoms with E-state index in [4.69, 9.17) is 4.74 Å². The van der Waals surface area contributed by atoms with E-state index in [1.807, 2.05) is 0 Å². The van der Waals surface area contributed by atoms with Crippen molar-refractivity contribution in [3.05, 3.63) is 26.7 Å². The third kappa shape index (κ3) is 2.87. The van der Waals surface area contributed by atoms with Crippen LogP contribution in [0.2, 0.25) is 0 Å². The Morgan fingerprint density at radius 1 is 1.14 bits per heavy atom. The molecule has 1 aromatic rings. The van der Waals surface area contributed by atoms with Crippen LogP contribution in [0.5, 0.6) is 5.75 Å². The third-order valence-corrected chi connectivity index (χ3v) is 6.98. The van der Waals surface area contributed by atoms with Gasteiger partial charge >= 0.3 is 0 Å². The lowest BCUT2D eigenvalue weighted by molar-refractivity contribution is 0.0668. The van der Waals surface area contributed by atoms with Crippen LogP contribution in [-0.2, 0) is 6.42 Å². The Labute approximate surface area is 140 Å². The van der Waals surface area contributed by atoms with Crippen LogP contribution in [0.15, 0.2) is 4.47 Å². The molecule has 2 heterocycles. The molecule has 0 aliphatic carbocycles. The molecule has 2 nitrogen and oxygen atoms in total. The number of ether oxygens (including phenoxy) is 1. The first-order valence-electron chi connectivity index (χ1n) is 7.68. The molecule has 0 saturated carbocycles. The van der Waals surface area contributed by atoms with Gasteiger partial charge in [-0.25, -0.2) is 0 Å². The quantitative estimate of drug-likeness (QED) is 0.777. The van der Waals surface area contributed by atoms with Crippen molar-refractivity contribution in [2.24, 2.45) is 0 Å². The van der Waals surface area contributed by atoms with E-state index in [2.05, 4.69) is 60.3 Å². The second-order valence-corrected chi connectivity index (χ2v) is 8.63. The lowest BCUT2D eigenvalue weighted by Crippen LogP contribution is -2.47. The molecule has 3 rings (SSSR count). The standard InChI is InChI=1S/C17H24BrNOS/c1-11-12(2)16-14(13(3)15(11)18)9-17(4,20-16)10-19-5-7-21-8-6-19/h5-10H2,1-4H3. The monoisotopic (exact) mass is 369 g/mol. The van der Waals surface area contributed by atoms with Gasteiger partial charge in [0.15, 0.2) is 0 Å². The Balaban J connectivity index is 1.86. The Hall–Kier alpha value is -0.190. The summed E-state index contributed by atoms with van der Waals surface area (Å²) in [6.45, 7) is 12.3. The van der Waals surface area contributed by atoms with Crippen molar-refractivity contribution >= 4 is 27.7 Å². The van der Waals surface area contributed by atoms with Gasteiger partial charge in [0.25, 0.3) is 0 Å². The molecular weight excluding hydrogens is 346 g/mol. The number of hydrogen-bond donors (Lipinski definition) is 0. The lowest BCUT2D eigenvalue weighted by Gasteiger charge is -2.34. The van der Waals surface area contributed by atoms with Gasteiger partial charge in [-0.3, -0.25) is 4.90 Å². The number of fused-ring (bicyclic) bond motifs is 1. The molecule has 1 fully saturated rings. The molecule has 0 bridgehead atoms. The third-order valence-electron chi connectivity index (χ3n) is 4.85. The van der Waals surface area contributed by atoms with Gasteiger partial charge in [0.2, 0.25) is 0 Å². The van der Waals surface area contributed by atoms with E-state index in [-0.39, 0.29) is 5.60 Å². The smallest absolute Gasteiger partial charge is 0.127 e. The van der Waals surface area contributed by atoms with Gasteiger partial charge in [-0.1, -0.05) is 15.9 Å². The number of rotatable bonds is 2. The van der Waals surface area contributed by atoms with Crippen molar-refractivity contribution in [1.29, 1.82) is 0 Å². The zero-order valence-electron chi connectivity index (χ0n) is 13.4. The fourth-order valence-electron chi connectivity index (χ4n) is 3.47. The van der Waals surface area contributed by atoms with Gasteiger partial charge in [0, 0.05) is 47.6 Å². The second-order valence-electron chi connectivity index (χ2n) is 6.61. The summed E-state index contributed by atoms with van der Waals surface area (Å²) >= 11 is 5.81. The zero-order chi connectivity index (χ0) is 15.2. The highest BCUT2D eigenvalue weighted by atomic mass is 79.9. The molecule has 1 saturated heterocycles. The Kier molecular flexibility index (Phi) is 4.32. The van der Waals surface area contributed by atoms with E-state index < -0.39 is 0 Å². The molecule has 0 N–H and O–H groups in total. The van der Waals surface area contributed by atoms with Crippen molar-refractivity contribution in [2.45, 2.75) is 39.7 Å². The van der Waals surface area contributed by atoms with E-state index in [0.29, 0.717) is 0 Å². The molecule has 0 radical (unpaired) electrons. The molecule has 2 aliphatic heterocycles. The summed E-state index contributed by atoms with van der Waals surface area (Å²) in [6, 6.07) is 0. The van der Waals surface area contributed by atoms with Crippen LogP contribution >= 0.6 is 27.7 Å². The SMILES string of the molecule is Cc1c(C)c2c(c(C)c1Br)CC(C)(CN1CCSCC1)O2. The predicted octanol–water partition coefficient (Wildman–Crippen LogP) is 4.12. The number of halogens is 1. The van der Waals surface area contributed by atoms with Gasteiger partial charge in [0.1, 0.15) is 11.4 Å². The highest BCUT2D eigenvalue weighted by Crippen LogP contribution is 2.44. The summed E-state index contributed by atoms with van der Waals surface area (Å²) in [5, 5.41) is 0. The zero-order valence-corrected chi connectivity index (χ0v) is 15.8. The van der Waals surface area contributed by atoms with Crippen LogP contribution in [0.4, 0.5) is 0 Å². The summed E-state index contributed by atoms with van der Waals surface area (Å²) in [6.07, 6.45) is 1.03. The molecule has 4 heteroatoms. The average Bonchev–Trinajstić information content (AvgIpc) is 2.82. The number of hydrogen-bond acceptors (Lipinski definition) is 3. The highest BCUT2D eigenvalue weighted by molar-refractivity contribution is 9.10. The van der Waals surface area contributed by atoms with Gasteiger partial charge in [-0.2, -0.15) is 11.8 Å². The van der Waals surface area contributed by atoms with Gasteiger partial charge in [-0.15, -0.1) is 0 Å². The minimum Gasteiger partial charge on any atom is -0.485 e. The molecule has 2 aliphatic rings. The van der Waals surface area contributed by atoms with Crippen LogP contribution in [0, 0.1) is 20.8 Å². The van der Waals surface area contributed by atoms with Crippen LogP contribution in [0.3, 0.4) is 0 Å². The first kappa shape index (κ1) is 15.7. The summed E-state index contributed by atoms with van der Waals surface area (Å²) in [7, 11) is 0. The molecule has 0 amide bonds. The molecule has 1 aromatic carbocycles. The molecule has 1 atom stereocenters. The highest BCUT2D eigenvalue weighted by Gasteiger charge is 2.39. The van der Waals surface area contributed by atoms with Crippen molar-refractivity contribution < 1.29 is 4.74 Å². The number of thioether (sulfide) groups is 1. The average molecular weight is 370 g/mol. The topological polar surface area (TPSA) is 12.5 Å². The van der Waals surface area contributed by atoms with Crippen LogP contribution < -0.4 is 4.74 Å². The Morgan fingerprint density at radius 2 is 1.81 bits per heavy atom. The molecule has 0 aromatic heterocycles. The van der Waals surface area contributed by atoms with E-state index >= 15 is 0 Å². The van der Waals surface area contributed by atoms with Crippen molar-refractivity contribution in [3.63, 3.8) is 0 Å². The van der Waals surface area contributed by atoms with Gasteiger partial charge in [-0.05, 0) is 44.4 Å². The minimum absolute atomic E-state index is 0.0763. The Bertz CT molecular complexity index is 530. The van der Waals surface area contributed by atoms with Crippen molar-refractivity contribution in [3.8, 4) is 5.75 Å². The number of nitrogens with zero attached hydrogens (tertiary/aromatic N) is 1. The fourth-order valence-corrected chi connectivity index (χ4v) is 4.99. The van der Waals surface area contributed by atoms with Crippen LogP contribution in [0.25, 0.3) is 0 Å². The van der Waals surface area contributed by atoms with Crippen molar-refractivity contribution in [2.75, 3.05) is 31.1 Å².